The Morgan fingerprint density at radius 1 is 1.39 bits per heavy atom. The normalized spacial score (nSPS) is 21.6. The third-order valence-electron chi connectivity index (χ3n) is 3.43. The number of allylic oxidation sites excluding steroid dienone is 1. The second-order valence-electron chi connectivity index (χ2n) is 4.99. The predicted molar refractivity (Wildman–Crippen MR) is 75.7 cm³/mol. The molecule has 2 aliphatic rings. The van der Waals surface area contributed by atoms with Crippen LogP contribution < -0.4 is 0 Å². The molecule has 0 fully saturated rings. The Kier molecular flexibility index (Phi) is 4.24. The van der Waals surface area contributed by atoms with Crippen LogP contribution in [0.25, 0.3) is 0 Å². The van der Waals surface area contributed by atoms with Gasteiger partial charge in [0.05, 0.1) is 13.7 Å². The molecule has 3 heteroatoms. The smallest absolute Gasteiger partial charge is 0.127 e. The van der Waals surface area contributed by atoms with Crippen molar-refractivity contribution in [3.8, 4) is 0 Å². The molecule has 0 aliphatic carbocycles. The van der Waals surface area contributed by atoms with Gasteiger partial charge in [-0.05, 0) is 25.3 Å². The molecule has 3 nitrogen and oxygen atoms in total. The van der Waals surface area contributed by atoms with E-state index < -0.39 is 0 Å². The van der Waals surface area contributed by atoms with E-state index in [1.165, 1.54) is 5.57 Å². The van der Waals surface area contributed by atoms with Crippen molar-refractivity contribution in [1.82, 2.24) is 4.90 Å². The zero-order valence-corrected chi connectivity index (χ0v) is 11.4. The van der Waals surface area contributed by atoms with Gasteiger partial charge in [-0.15, -0.1) is 0 Å². The first-order valence-corrected chi connectivity index (χ1v) is 6.55. The first-order chi connectivity index (χ1) is 8.69. The minimum atomic E-state index is 0.710. The highest BCUT2D eigenvalue weighted by molar-refractivity contribution is 5.94. The topological polar surface area (TPSA) is 24.8 Å². The second kappa shape index (κ2) is 5.89. The average molecular weight is 246 g/mol. The quantitative estimate of drug-likeness (QED) is 0.665. The minimum Gasteiger partial charge on any atom is -0.501 e. The van der Waals surface area contributed by atoms with E-state index in [1.807, 2.05) is 0 Å². The molecule has 0 amide bonds. The van der Waals surface area contributed by atoms with Crippen LogP contribution in [0.1, 0.15) is 26.2 Å². The van der Waals surface area contributed by atoms with Crippen molar-refractivity contribution in [2.75, 3.05) is 26.7 Å². The van der Waals surface area contributed by atoms with Gasteiger partial charge in [-0.25, -0.2) is 0 Å². The van der Waals surface area contributed by atoms with Crippen molar-refractivity contribution in [3.05, 3.63) is 35.6 Å². The molecular weight excluding hydrogens is 224 g/mol. The SMILES string of the molecule is C=C1CN=C(N2CCC=C(C)CC2)C=C(OC)C1. The van der Waals surface area contributed by atoms with Crippen LogP contribution in [0.4, 0.5) is 0 Å². The van der Waals surface area contributed by atoms with E-state index >= 15 is 0 Å². The molecule has 0 spiro atoms. The van der Waals surface area contributed by atoms with E-state index in [0.29, 0.717) is 6.54 Å². The first-order valence-electron chi connectivity index (χ1n) is 6.55. The van der Waals surface area contributed by atoms with Crippen molar-refractivity contribution in [2.24, 2.45) is 4.99 Å². The highest BCUT2D eigenvalue weighted by atomic mass is 16.5. The van der Waals surface area contributed by atoms with E-state index in [-0.39, 0.29) is 0 Å². The lowest BCUT2D eigenvalue weighted by Gasteiger charge is -2.22. The molecule has 2 aliphatic heterocycles. The van der Waals surface area contributed by atoms with Crippen LogP contribution in [0, 0.1) is 0 Å². The summed E-state index contributed by atoms with van der Waals surface area (Å²) in [5.74, 6) is 2.01. The van der Waals surface area contributed by atoms with E-state index in [4.69, 9.17) is 4.74 Å². The summed E-state index contributed by atoms with van der Waals surface area (Å²) >= 11 is 0. The van der Waals surface area contributed by atoms with Crippen LogP contribution in [0.2, 0.25) is 0 Å². The summed E-state index contributed by atoms with van der Waals surface area (Å²) in [5, 5.41) is 0. The molecule has 0 saturated heterocycles. The van der Waals surface area contributed by atoms with Gasteiger partial charge >= 0.3 is 0 Å². The Balaban J connectivity index is 2.13. The van der Waals surface area contributed by atoms with Gasteiger partial charge in [-0.3, -0.25) is 4.99 Å². The van der Waals surface area contributed by atoms with Crippen LogP contribution in [-0.4, -0.2) is 37.5 Å². The van der Waals surface area contributed by atoms with Gasteiger partial charge in [0.2, 0.25) is 0 Å². The summed E-state index contributed by atoms with van der Waals surface area (Å²) in [6.07, 6.45) is 7.42. The van der Waals surface area contributed by atoms with Crippen molar-refractivity contribution < 1.29 is 4.74 Å². The van der Waals surface area contributed by atoms with Crippen molar-refractivity contribution in [2.45, 2.75) is 26.2 Å². The summed E-state index contributed by atoms with van der Waals surface area (Å²) in [5.41, 5.74) is 2.59. The third kappa shape index (κ3) is 3.25. The Hall–Kier alpha value is -1.51. The molecule has 18 heavy (non-hydrogen) atoms. The highest BCUT2D eigenvalue weighted by Crippen LogP contribution is 2.18. The summed E-state index contributed by atoms with van der Waals surface area (Å²) in [7, 11) is 1.72. The zero-order chi connectivity index (χ0) is 13.0. The van der Waals surface area contributed by atoms with Crippen LogP contribution in [0.5, 0.6) is 0 Å². The number of amidine groups is 1. The summed E-state index contributed by atoms with van der Waals surface area (Å²) in [6, 6.07) is 0. The molecule has 98 valence electrons. The molecule has 0 aromatic heterocycles. The largest absolute Gasteiger partial charge is 0.501 e. The van der Waals surface area contributed by atoms with Gasteiger partial charge in [0, 0.05) is 25.6 Å². The lowest BCUT2D eigenvalue weighted by molar-refractivity contribution is 0.283. The molecule has 0 aromatic carbocycles. The minimum absolute atomic E-state index is 0.710. The monoisotopic (exact) mass is 246 g/mol. The Labute approximate surface area is 110 Å². The van der Waals surface area contributed by atoms with Crippen LogP contribution >= 0.6 is 0 Å². The highest BCUT2D eigenvalue weighted by Gasteiger charge is 2.15. The maximum absolute atomic E-state index is 5.39. The fraction of sp³-hybridized carbons (Fsp3) is 0.533. The molecule has 0 N–H and O–H groups in total. The molecule has 0 saturated carbocycles. The number of aliphatic imine (C=N–C) groups is 1. The summed E-state index contributed by atoms with van der Waals surface area (Å²) < 4.78 is 5.39. The van der Waals surface area contributed by atoms with E-state index in [9.17, 15) is 0 Å². The van der Waals surface area contributed by atoms with Gasteiger partial charge in [0.25, 0.3) is 0 Å². The molecule has 0 bridgehead atoms. The zero-order valence-electron chi connectivity index (χ0n) is 11.4. The summed E-state index contributed by atoms with van der Waals surface area (Å²) in [6.45, 7) is 9.02. The standard InChI is InChI=1S/C15H22N2O/c1-12-5-4-7-17(8-6-12)15-10-14(18-3)9-13(2)11-16-15/h5,10H,2,4,6-9,11H2,1,3H3. The van der Waals surface area contributed by atoms with Crippen molar-refractivity contribution in [3.63, 3.8) is 0 Å². The predicted octanol–water partition coefficient (Wildman–Crippen LogP) is 2.92. The lowest BCUT2D eigenvalue weighted by Crippen LogP contribution is -2.31. The van der Waals surface area contributed by atoms with Gasteiger partial charge in [0.15, 0.2) is 0 Å². The number of hydrogen-bond donors (Lipinski definition) is 0. The van der Waals surface area contributed by atoms with Gasteiger partial charge < -0.3 is 9.64 Å². The number of ether oxygens (including phenoxy) is 1. The molecule has 0 atom stereocenters. The van der Waals surface area contributed by atoms with Crippen molar-refractivity contribution in [1.29, 1.82) is 0 Å². The van der Waals surface area contributed by atoms with E-state index in [0.717, 1.165) is 49.5 Å². The second-order valence-corrected chi connectivity index (χ2v) is 4.99. The number of hydrogen-bond acceptors (Lipinski definition) is 3. The molecular formula is C15H22N2O. The fourth-order valence-electron chi connectivity index (χ4n) is 2.28. The summed E-state index contributed by atoms with van der Waals surface area (Å²) in [4.78, 5) is 7.01. The Morgan fingerprint density at radius 3 is 3.00 bits per heavy atom. The molecule has 0 radical (unpaired) electrons. The molecule has 0 aromatic rings. The van der Waals surface area contributed by atoms with Gasteiger partial charge in [-0.1, -0.05) is 18.2 Å². The third-order valence-corrected chi connectivity index (χ3v) is 3.43. The lowest BCUT2D eigenvalue weighted by atomic mass is 10.2. The number of methoxy groups -OCH3 is 1. The Morgan fingerprint density at radius 2 is 2.22 bits per heavy atom. The van der Waals surface area contributed by atoms with Crippen LogP contribution in [-0.2, 0) is 4.74 Å². The van der Waals surface area contributed by atoms with E-state index in [2.05, 4.69) is 35.5 Å². The van der Waals surface area contributed by atoms with Gasteiger partial charge in [0.1, 0.15) is 11.6 Å². The molecule has 2 rings (SSSR count). The molecule has 0 unspecified atom stereocenters. The fourth-order valence-corrected chi connectivity index (χ4v) is 2.28. The van der Waals surface area contributed by atoms with Gasteiger partial charge in [-0.2, -0.15) is 0 Å². The number of nitrogens with zero attached hydrogens (tertiary/aromatic N) is 2. The van der Waals surface area contributed by atoms with E-state index in [1.54, 1.807) is 7.11 Å². The average Bonchev–Trinajstić information content (AvgIpc) is 2.67. The first kappa shape index (κ1) is 12.9. The van der Waals surface area contributed by atoms with Crippen LogP contribution in [0.3, 0.4) is 0 Å². The maximum atomic E-state index is 5.39. The number of rotatable bonds is 1. The molecule has 2 heterocycles. The Bertz CT molecular complexity index is 418. The van der Waals surface area contributed by atoms with Crippen LogP contribution in [0.15, 0.2) is 40.6 Å². The van der Waals surface area contributed by atoms with Crippen molar-refractivity contribution >= 4 is 5.84 Å². The maximum Gasteiger partial charge on any atom is 0.127 e.